The highest BCUT2D eigenvalue weighted by Gasteiger charge is 2.27. The molecule has 1 saturated carbocycles. The maximum absolute atomic E-state index is 9.52. The average molecular weight is 153 g/mol. The SMILES string of the molecule is CC(C#N)[C@H]1CCCC[C@@H]1O. The standard InChI is InChI=1S/C9H15NO/c1-7(6-10)8-4-2-3-5-9(8)11/h7-9,11H,2-5H2,1H3/t7?,8-,9+/m1/s1. The lowest BCUT2D eigenvalue weighted by Gasteiger charge is -2.28. The Morgan fingerprint density at radius 1 is 1.45 bits per heavy atom. The molecule has 0 aromatic carbocycles. The van der Waals surface area contributed by atoms with Gasteiger partial charge in [-0.3, -0.25) is 0 Å². The monoisotopic (exact) mass is 153 g/mol. The summed E-state index contributed by atoms with van der Waals surface area (Å²) in [4.78, 5) is 0. The van der Waals surface area contributed by atoms with Crippen LogP contribution in [0.1, 0.15) is 32.6 Å². The number of aliphatic hydroxyl groups is 1. The van der Waals surface area contributed by atoms with Crippen LogP contribution in [0.25, 0.3) is 0 Å². The fraction of sp³-hybridized carbons (Fsp3) is 0.889. The van der Waals surface area contributed by atoms with E-state index in [2.05, 4.69) is 6.07 Å². The van der Waals surface area contributed by atoms with Gasteiger partial charge in [0, 0.05) is 11.8 Å². The van der Waals surface area contributed by atoms with Gasteiger partial charge in [0.05, 0.1) is 12.2 Å². The second-order valence-corrected chi connectivity index (χ2v) is 3.43. The summed E-state index contributed by atoms with van der Waals surface area (Å²) in [6.45, 7) is 1.90. The average Bonchev–Trinajstić information content (AvgIpc) is 2.04. The van der Waals surface area contributed by atoms with Crippen LogP contribution in [0, 0.1) is 23.2 Å². The lowest BCUT2D eigenvalue weighted by molar-refractivity contribution is 0.0532. The van der Waals surface area contributed by atoms with Crippen LogP contribution < -0.4 is 0 Å². The Labute approximate surface area is 67.8 Å². The van der Waals surface area contributed by atoms with Crippen LogP contribution in [0.15, 0.2) is 0 Å². The second-order valence-electron chi connectivity index (χ2n) is 3.43. The van der Waals surface area contributed by atoms with E-state index in [1.165, 1.54) is 6.42 Å². The lowest BCUT2D eigenvalue weighted by Crippen LogP contribution is -2.28. The van der Waals surface area contributed by atoms with Crippen molar-refractivity contribution in [3.8, 4) is 6.07 Å². The van der Waals surface area contributed by atoms with E-state index in [9.17, 15) is 5.11 Å². The molecule has 2 heteroatoms. The first-order chi connectivity index (χ1) is 5.25. The van der Waals surface area contributed by atoms with Gasteiger partial charge >= 0.3 is 0 Å². The summed E-state index contributed by atoms with van der Waals surface area (Å²) in [5.41, 5.74) is 0. The molecular formula is C9H15NO. The van der Waals surface area contributed by atoms with Crippen molar-refractivity contribution in [2.24, 2.45) is 11.8 Å². The van der Waals surface area contributed by atoms with Crippen molar-refractivity contribution in [3.05, 3.63) is 0 Å². The molecular weight excluding hydrogens is 138 g/mol. The number of aliphatic hydroxyl groups excluding tert-OH is 1. The minimum absolute atomic E-state index is 0.0188. The van der Waals surface area contributed by atoms with Crippen molar-refractivity contribution in [2.45, 2.75) is 38.7 Å². The van der Waals surface area contributed by atoms with Crippen LogP contribution in [0.5, 0.6) is 0 Å². The van der Waals surface area contributed by atoms with E-state index in [4.69, 9.17) is 5.26 Å². The van der Waals surface area contributed by atoms with E-state index in [1.807, 2.05) is 6.92 Å². The first-order valence-electron chi connectivity index (χ1n) is 4.33. The molecule has 2 nitrogen and oxygen atoms in total. The molecule has 0 radical (unpaired) electrons. The number of nitriles is 1. The summed E-state index contributed by atoms with van der Waals surface area (Å²) in [6.07, 6.45) is 3.98. The summed E-state index contributed by atoms with van der Waals surface area (Å²) in [6, 6.07) is 2.21. The van der Waals surface area contributed by atoms with Crippen molar-refractivity contribution in [1.82, 2.24) is 0 Å². The Hall–Kier alpha value is -0.550. The highest BCUT2D eigenvalue weighted by atomic mass is 16.3. The van der Waals surface area contributed by atoms with Crippen molar-refractivity contribution < 1.29 is 5.11 Å². The highest BCUT2D eigenvalue weighted by molar-refractivity contribution is 4.89. The Balaban J connectivity index is 2.48. The van der Waals surface area contributed by atoms with E-state index < -0.39 is 0 Å². The van der Waals surface area contributed by atoms with E-state index in [1.54, 1.807) is 0 Å². The third-order valence-electron chi connectivity index (χ3n) is 2.63. The minimum Gasteiger partial charge on any atom is -0.393 e. The van der Waals surface area contributed by atoms with E-state index >= 15 is 0 Å². The molecule has 0 saturated heterocycles. The molecule has 1 aliphatic carbocycles. The van der Waals surface area contributed by atoms with Crippen LogP contribution in [-0.4, -0.2) is 11.2 Å². The van der Waals surface area contributed by atoms with E-state index in [0.717, 1.165) is 19.3 Å². The predicted molar refractivity (Wildman–Crippen MR) is 42.7 cm³/mol. The van der Waals surface area contributed by atoms with Crippen molar-refractivity contribution in [3.63, 3.8) is 0 Å². The van der Waals surface area contributed by atoms with Crippen LogP contribution >= 0.6 is 0 Å². The zero-order valence-electron chi connectivity index (χ0n) is 6.95. The van der Waals surface area contributed by atoms with Gasteiger partial charge in [0.2, 0.25) is 0 Å². The molecule has 1 aliphatic rings. The van der Waals surface area contributed by atoms with Gasteiger partial charge in [0.25, 0.3) is 0 Å². The molecule has 1 rings (SSSR count). The zero-order valence-corrected chi connectivity index (χ0v) is 6.95. The second kappa shape index (κ2) is 3.73. The molecule has 0 amide bonds. The molecule has 0 spiro atoms. The topological polar surface area (TPSA) is 44.0 Å². The molecule has 1 fully saturated rings. The molecule has 0 bridgehead atoms. The minimum atomic E-state index is -0.224. The van der Waals surface area contributed by atoms with Gasteiger partial charge in [0.1, 0.15) is 0 Å². The quantitative estimate of drug-likeness (QED) is 0.623. The van der Waals surface area contributed by atoms with Gasteiger partial charge in [-0.25, -0.2) is 0 Å². The van der Waals surface area contributed by atoms with E-state index in [0.29, 0.717) is 0 Å². The third kappa shape index (κ3) is 1.94. The Morgan fingerprint density at radius 3 is 2.64 bits per heavy atom. The molecule has 0 heterocycles. The van der Waals surface area contributed by atoms with Gasteiger partial charge in [-0.05, 0) is 19.8 Å². The summed E-state index contributed by atoms with van der Waals surface area (Å²) in [7, 11) is 0. The maximum atomic E-state index is 9.52. The normalized spacial score (nSPS) is 34.3. The first-order valence-corrected chi connectivity index (χ1v) is 4.33. The first kappa shape index (κ1) is 8.55. The molecule has 0 aromatic rings. The number of hydrogen-bond donors (Lipinski definition) is 1. The fourth-order valence-corrected chi connectivity index (χ4v) is 1.82. The highest BCUT2D eigenvalue weighted by Crippen LogP contribution is 2.29. The van der Waals surface area contributed by atoms with Crippen molar-refractivity contribution >= 4 is 0 Å². The maximum Gasteiger partial charge on any atom is 0.0656 e. The van der Waals surface area contributed by atoms with Crippen LogP contribution in [-0.2, 0) is 0 Å². The Morgan fingerprint density at radius 2 is 2.09 bits per heavy atom. The summed E-state index contributed by atoms with van der Waals surface area (Å²) < 4.78 is 0. The van der Waals surface area contributed by atoms with Crippen molar-refractivity contribution in [2.75, 3.05) is 0 Å². The third-order valence-corrected chi connectivity index (χ3v) is 2.63. The molecule has 3 atom stereocenters. The predicted octanol–water partition coefficient (Wildman–Crippen LogP) is 1.70. The van der Waals surface area contributed by atoms with Crippen molar-refractivity contribution in [1.29, 1.82) is 5.26 Å². The Bertz CT molecular complexity index is 161. The smallest absolute Gasteiger partial charge is 0.0656 e. The van der Waals surface area contributed by atoms with Gasteiger partial charge in [-0.2, -0.15) is 5.26 Å². The van der Waals surface area contributed by atoms with Gasteiger partial charge in [0.15, 0.2) is 0 Å². The number of rotatable bonds is 1. The molecule has 0 aromatic heterocycles. The number of hydrogen-bond acceptors (Lipinski definition) is 2. The fourth-order valence-electron chi connectivity index (χ4n) is 1.82. The zero-order chi connectivity index (χ0) is 8.27. The Kier molecular flexibility index (Phi) is 2.90. The van der Waals surface area contributed by atoms with Crippen LogP contribution in [0.2, 0.25) is 0 Å². The number of nitrogens with zero attached hydrogens (tertiary/aromatic N) is 1. The molecule has 1 N–H and O–H groups in total. The van der Waals surface area contributed by atoms with Gasteiger partial charge in [-0.15, -0.1) is 0 Å². The lowest BCUT2D eigenvalue weighted by atomic mass is 9.79. The van der Waals surface area contributed by atoms with E-state index in [-0.39, 0.29) is 17.9 Å². The molecule has 1 unspecified atom stereocenters. The van der Waals surface area contributed by atoms with Gasteiger partial charge in [-0.1, -0.05) is 12.8 Å². The van der Waals surface area contributed by atoms with Crippen LogP contribution in [0.3, 0.4) is 0 Å². The molecule has 0 aliphatic heterocycles. The summed E-state index contributed by atoms with van der Waals surface area (Å²) in [5.74, 6) is 0.249. The largest absolute Gasteiger partial charge is 0.393 e. The summed E-state index contributed by atoms with van der Waals surface area (Å²) >= 11 is 0. The van der Waals surface area contributed by atoms with Gasteiger partial charge < -0.3 is 5.11 Å². The molecule has 11 heavy (non-hydrogen) atoms. The summed E-state index contributed by atoms with van der Waals surface area (Å²) in [5, 5.41) is 18.2. The van der Waals surface area contributed by atoms with Crippen LogP contribution in [0.4, 0.5) is 0 Å². The molecule has 62 valence electrons.